The van der Waals surface area contributed by atoms with E-state index >= 15 is 0 Å². The fraction of sp³-hybridized carbons (Fsp3) is 0.250. The van der Waals surface area contributed by atoms with E-state index < -0.39 is 0 Å². The molecule has 22 heavy (non-hydrogen) atoms. The zero-order valence-corrected chi connectivity index (χ0v) is 12.7. The van der Waals surface area contributed by atoms with E-state index in [1.807, 2.05) is 40.6 Å². The summed E-state index contributed by atoms with van der Waals surface area (Å²) in [5, 5.41) is 5.25. The van der Waals surface area contributed by atoms with E-state index in [1.165, 1.54) is 11.3 Å². The minimum atomic E-state index is -0.207. The normalized spacial score (nSPS) is 15.4. The molecule has 1 N–H and O–H groups in total. The van der Waals surface area contributed by atoms with Crippen LogP contribution in [-0.2, 0) is 0 Å². The smallest absolute Gasteiger partial charge is 0.301 e. The Labute approximate surface area is 131 Å². The molecule has 0 aliphatic carbocycles. The number of fused-ring (bicyclic) bond motifs is 1. The van der Waals surface area contributed by atoms with Crippen LogP contribution in [-0.4, -0.2) is 31.2 Å². The second-order valence-electron chi connectivity index (χ2n) is 5.21. The lowest BCUT2D eigenvalue weighted by molar-refractivity contribution is 0.505. The van der Waals surface area contributed by atoms with Crippen molar-refractivity contribution in [3.8, 4) is 11.1 Å². The minimum Gasteiger partial charge on any atom is -0.423 e. The first-order chi connectivity index (χ1) is 10.8. The number of nitrogens with one attached hydrogen (secondary N) is 1. The van der Waals surface area contributed by atoms with Crippen LogP contribution in [0.5, 0.6) is 0 Å². The molecule has 1 aromatic carbocycles. The maximum atomic E-state index is 12.3. The zero-order valence-electron chi connectivity index (χ0n) is 11.9. The second-order valence-corrected chi connectivity index (χ2v) is 6.09. The highest BCUT2D eigenvalue weighted by Crippen LogP contribution is 2.33. The lowest BCUT2D eigenvalue weighted by Crippen LogP contribution is -2.44. The molecular formula is C16H15N3O2S. The fourth-order valence-corrected chi connectivity index (χ4v) is 3.54. The SMILES string of the molecule is O=c1nc(N2CCNCC2)oc2c(-c3ccccc3)csc12. The molecule has 1 saturated heterocycles. The van der Waals surface area contributed by atoms with Crippen LogP contribution in [0.25, 0.3) is 21.4 Å². The Bertz CT molecular complexity index is 851. The molecule has 4 rings (SSSR count). The first-order valence-electron chi connectivity index (χ1n) is 7.26. The molecule has 0 spiro atoms. The van der Waals surface area contributed by atoms with Crippen LogP contribution in [0, 0.1) is 0 Å². The molecule has 112 valence electrons. The van der Waals surface area contributed by atoms with Gasteiger partial charge in [-0.1, -0.05) is 30.3 Å². The number of thiophene rings is 1. The zero-order chi connectivity index (χ0) is 14.9. The predicted octanol–water partition coefficient (Wildman–Crippen LogP) is 2.33. The van der Waals surface area contributed by atoms with E-state index in [-0.39, 0.29) is 5.56 Å². The van der Waals surface area contributed by atoms with Crippen LogP contribution in [0.3, 0.4) is 0 Å². The molecular weight excluding hydrogens is 298 g/mol. The minimum absolute atomic E-state index is 0.207. The molecule has 3 heterocycles. The third-order valence-corrected chi connectivity index (χ3v) is 4.75. The number of aromatic nitrogens is 1. The Kier molecular flexibility index (Phi) is 3.40. The van der Waals surface area contributed by atoms with Gasteiger partial charge in [-0.3, -0.25) is 4.79 Å². The van der Waals surface area contributed by atoms with Gasteiger partial charge in [0.25, 0.3) is 5.56 Å². The van der Waals surface area contributed by atoms with Gasteiger partial charge in [0.15, 0.2) is 5.58 Å². The number of nitrogens with zero attached hydrogens (tertiary/aromatic N) is 2. The van der Waals surface area contributed by atoms with Gasteiger partial charge in [-0.25, -0.2) is 0 Å². The molecule has 2 aromatic heterocycles. The highest BCUT2D eigenvalue weighted by molar-refractivity contribution is 7.17. The third kappa shape index (κ3) is 2.30. The van der Waals surface area contributed by atoms with E-state index in [0.29, 0.717) is 16.3 Å². The van der Waals surface area contributed by atoms with Gasteiger partial charge in [0.2, 0.25) is 0 Å². The van der Waals surface area contributed by atoms with Crippen molar-refractivity contribution in [2.24, 2.45) is 0 Å². The highest BCUT2D eigenvalue weighted by atomic mass is 32.1. The lowest BCUT2D eigenvalue weighted by Gasteiger charge is -2.26. The molecule has 6 heteroatoms. The van der Waals surface area contributed by atoms with Gasteiger partial charge >= 0.3 is 6.01 Å². The molecule has 0 amide bonds. The number of hydrogen-bond acceptors (Lipinski definition) is 6. The molecule has 1 fully saturated rings. The van der Waals surface area contributed by atoms with Crippen LogP contribution in [0.1, 0.15) is 0 Å². The Morgan fingerprint density at radius 2 is 1.95 bits per heavy atom. The maximum absolute atomic E-state index is 12.3. The second kappa shape index (κ2) is 5.55. The Balaban J connectivity index is 1.86. The third-order valence-electron chi connectivity index (χ3n) is 3.80. The van der Waals surface area contributed by atoms with Crippen LogP contribution >= 0.6 is 11.3 Å². The standard InChI is InChI=1S/C16H15N3O2S/c20-15-14-13(12(10-22-14)11-4-2-1-3-5-11)21-16(18-15)19-8-6-17-7-9-19/h1-5,10,17H,6-9H2. The molecule has 0 saturated carbocycles. The van der Waals surface area contributed by atoms with Crippen LogP contribution in [0.15, 0.2) is 44.9 Å². The largest absolute Gasteiger partial charge is 0.423 e. The number of anilines is 1. The van der Waals surface area contributed by atoms with Gasteiger partial charge < -0.3 is 14.6 Å². The Hall–Kier alpha value is -2.18. The number of rotatable bonds is 2. The van der Waals surface area contributed by atoms with Crippen LogP contribution in [0.2, 0.25) is 0 Å². The average Bonchev–Trinajstić information content (AvgIpc) is 3.01. The summed E-state index contributed by atoms with van der Waals surface area (Å²) in [4.78, 5) is 18.4. The van der Waals surface area contributed by atoms with Crippen molar-refractivity contribution < 1.29 is 4.42 Å². The van der Waals surface area contributed by atoms with Gasteiger partial charge in [-0.2, -0.15) is 4.98 Å². The van der Waals surface area contributed by atoms with Gasteiger partial charge in [0, 0.05) is 37.1 Å². The highest BCUT2D eigenvalue weighted by Gasteiger charge is 2.19. The average molecular weight is 313 g/mol. The summed E-state index contributed by atoms with van der Waals surface area (Å²) in [5.41, 5.74) is 2.44. The Morgan fingerprint density at radius 1 is 1.18 bits per heavy atom. The Morgan fingerprint density at radius 3 is 2.73 bits per heavy atom. The summed E-state index contributed by atoms with van der Waals surface area (Å²) in [6.45, 7) is 3.34. The van der Waals surface area contributed by atoms with E-state index in [9.17, 15) is 4.79 Å². The summed E-state index contributed by atoms with van der Waals surface area (Å²) in [5.74, 6) is 0. The molecule has 0 atom stereocenters. The van der Waals surface area contributed by atoms with Gasteiger partial charge in [-0.15, -0.1) is 11.3 Å². The summed E-state index contributed by atoms with van der Waals surface area (Å²) in [7, 11) is 0. The summed E-state index contributed by atoms with van der Waals surface area (Å²) in [6.07, 6.45) is 0. The van der Waals surface area contributed by atoms with Crippen molar-refractivity contribution in [2.75, 3.05) is 31.1 Å². The van der Waals surface area contributed by atoms with E-state index in [1.54, 1.807) is 0 Å². The molecule has 0 radical (unpaired) electrons. The molecule has 0 bridgehead atoms. The topological polar surface area (TPSA) is 58.4 Å². The number of benzene rings is 1. The number of hydrogen-bond donors (Lipinski definition) is 1. The lowest BCUT2D eigenvalue weighted by atomic mass is 10.1. The first-order valence-corrected chi connectivity index (χ1v) is 8.14. The maximum Gasteiger partial charge on any atom is 0.301 e. The van der Waals surface area contributed by atoms with Crippen molar-refractivity contribution in [3.05, 3.63) is 46.1 Å². The summed E-state index contributed by atoms with van der Waals surface area (Å²) < 4.78 is 6.59. The van der Waals surface area contributed by atoms with Crippen molar-refractivity contribution >= 4 is 27.6 Å². The molecule has 1 aliphatic heterocycles. The van der Waals surface area contributed by atoms with Gasteiger partial charge in [0.05, 0.1) is 0 Å². The first kappa shape index (κ1) is 13.5. The van der Waals surface area contributed by atoms with Crippen molar-refractivity contribution in [3.63, 3.8) is 0 Å². The molecule has 0 unspecified atom stereocenters. The molecule has 1 aliphatic rings. The number of piperazine rings is 1. The molecule has 5 nitrogen and oxygen atoms in total. The molecule has 3 aromatic rings. The van der Waals surface area contributed by atoms with Crippen molar-refractivity contribution in [1.82, 2.24) is 10.3 Å². The fourth-order valence-electron chi connectivity index (χ4n) is 2.66. The van der Waals surface area contributed by atoms with Gasteiger partial charge in [-0.05, 0) is 5.56 Å². The summed E-state index contributed by atoms with van der Waals surface area (Å²) >= 11 is 1.39. The predicted molar refractivity (Wildman–Crippen MR) is 88.7 cm³/mol. The van der Waals surface area contributed by atoms with Crippen molar-refractivity contribution in [1.29, 1.82) is 0 Å². The summed E-state index contributed by atoms with van der Waals surface area (Å²) in [6, 6.07) is 10.4. The van der Waals surface area contributed by atoms with E-state index in [0.717, 1.165) is 37.3 Å². The van der Waals surface area contributed by atoms with Crippen LogP contribution < -0.4 is 15.8 Å². The monoisotopic (exact) mass is 313 g/mol. The van der Waals surface area contributed by atoms with E-state index in [2.05, 4.69) is 10.3 Å². The quantitative estimate of drug-likeness (QED) is 0.787. The van der Waals surface area contributed by atoms with Gasteiger partial charge in [0.1, 0.15) is 4.70 Å². The van der Waals surface area contributed by atoms with Crippen molar-refractivity contribution in [2.45, 2.75) is 0 Å². The van der Waals surface area contributed by atoms with E-state index in [4.69, 9.17) is 4.42 Å². The van der Waals surface area contributed by atoms with Crippen LogP contribution in [0.4, 0.5) is 6.01 Å².